The Kier molecular flexibility index (Phi) is 10.3. The number of ether oxygens (including phenoxy) is 3. The Morgan fingerprint density at radius 2 is 0.730 bits per heavy atom. The molecule has 0 unspecified atom stereocenters. The van der Waals surface area contributed by atoms with Crippen LogP contribution in [0, 0.1) is 0 Å². The van der Waals surface area contributed by atoms with E-state index in [2.05, 4.69) is 0 Å². The van der Waals surface area contributed by atoms with Crippen molar-refractivity contribution in [3.63, 3.8) is 0 Å². The van der Waals surface area contributed by atoms with E-state index in [1.807, 2.05) is 0 Å². The molecule has 0 aliphatic carbocycles. The van der Waals surface area contributed by atoms with Gasteiger partial charge in [-0.3, -0.25) is 14.4 Å². The van der Waals surface area contributed by atoms with Crippen LogP contribution in [0.2, 0.25) is 0 Å². The molecule has 0 fully saturated rings. The Hall–Kier alpha value is -4.10. The fourth-order valence-corrected chi connectivity index (χ4v) is 4.03. The van der Waals surface area contributed by atoms with Gasteiger partial charge in [0.15, 0.2) is 0 Å². The Bertz CT molecular complexity index is 1030. The molecule has 3 aromatic rings. The number of carbonyl (C=O) groups is 3. The summed E-state index contributed by atoms with van der Waals surface area (Å²) in [6, 6.07) is 20.8. The second kappa shape index (κ2) is 13.8. The summed E-state index contributed by atoms with van der Waals surface area (Å²) in [5.41, 5.74) is 2.31. The maximum atomic E-state index is 11.5. The second-order valence-electron chi connectivity index (χ2n) is 7.69. The van der Waals surface area contributed by atoms with E-state index in [9.17, 15) is 14.4 Å². The molecule has 0 radical (unpaired) electrons. The van der Waals surface area contributed by atoms with E-state index in [0.29, 0.717) is 17.2 Å². The van der Waals surface area contributed by atoms with Crippen molar-refractivity contribution in [1.29, 1.82) is 0 Å². The molecule has 0 spiro atoms. The third kappa shape index (κ3) is 9.13. The molecule has 0 aliphatic rings. The average molecular weight is 526 g/mol. The molecule has 9 nitrogen and oxygen atoms in total. The Morgan fingerprint density at radius 3 is 0.946 bits per heavy atom. The normalized spacial score (nSPS) is 10.4. The Morgan fingerprint density at radius 1 is 0.486 bits per heavy atom. The second-order valence-corrected chi connectivity index (χ2v) is 8.68. The topological polar surface area (TPSA) is 107 Å². The molecule has 194 valence electrons. The van der Waals surface area contributed by atoms with Crippen LogP contribution in [0.15, 0.2) is 72.8 Å². The predicted molar refractivity (Wildman–Crippen MR) is 135 cm³/mol. The van der Waals surface area contributed by atoms with Crippen LogP contribution in [0.25, 0.3) is 0 Å². The average Bonchev–Trinajstić information content (AvgIpc) is 2.91. The standard InChI is InChI=1S/C27H27O9P/c1-31-25(28)16-19-4-10-22(11-5-19)34-37(35-23-12-6-20(7-13-23)17-26(29)32-2)36-24-14-8-21(9-15-24)18-27(30)33-3/h4-15H,16-18H2,1-3H3. The fourth-order valence-electron chi connectivity index (χ4n) is 3.04. The zero-order valence-corrected chi connectivity index (χ0v) is 21.6. The molecule has 10 heteroatoms. The summed E-state index contributed by atoms with van der Waals surface area (Å²) >= 11 is 0. The number of carbonyl (C=O) groups excluding carboxylic acids is 3. The SMILES string of the molecule is COC(=O)Cc1ccc(OP(Oc2ccc(CC(=O)OC)cc2)Oc2ccc(CC(=O)OC)cc2)cc1. The molecule has 0 saturated heterocycles. The zero-order chi connectivity index (χ0) is 26.6. The molecule has 0 heterocycles. The number of esters is 3. The smallest absolute Gasteiger partial charge is 0.469 e. The van der Waals surface area contributed by atoms with Crippen molar-refractivity contribution in [1.82, 2.24) is 0 Å². The summed E-state index contributed by atoms with van der Waals surface area (Å²) in [6.07, 6.45) is 0.442. The highest BCUT2D eigenvalue weighted by molar-refractivity contribution is 7.43. The van der Waals surface area contributed by atoms with Crippen molar-refractivity contribution < 1.29 is 42.2 Å². The maximum Gasteiger partial charge on any atom is 0.530 e. The first-order valence-electron chi connectivity index (χ1n) is 11.2. The quantitative estimate of drug-likeness (QED) is 0.190. The number of rotatable bonds is 12. The number of hydrogen-bond acceptors (Lipinski definition) is 9. The van der Waals surface area contributed by atoms with Crippen LogP contribution < -0.4 is 13.6 Å². The molecule has 3 rings (SSSR count). The molecule has 0 aromatic heterocycles. The van der Waals surface area contributed by atoms with Crippen molar-refractivity contribution in [2.45, 2.75) is 19.3 Å². The van der Waals surface area contributed by atoms with Crippen LogP contribution in [0.3, 0.4) is 0 Å². The van der Waals surface area contributed by atoms with Gasteiger partial charge in [-0.15, -0.1) is 0 Å². The van der Waals surface area contributed by atoms with E-state index in [-0.39, 0.29) is 37.2 Å². The minimum absolute atomic E-state index is 0.147. The highest BCUT2D eigenvalue weighted by atomic mass is 31.2. The van der Waals surface area contributed by atoms with E-state index in [1.165, 1.54) is 21.3 Å². The van der Waals surface area contributed by atoms with Gasteiger partial charge in [0.1, 0.15) is 17.2 Å². The van der Waals surface area contributed by atoms with Crippen LogP contribution in [-0.2, 0) is 47.9 Å². The molecule has 0 bridgehead atoms. The van der Waals surface area contributed by atoms with Crippen LogP contribution >= 0.6 is 8.60 Å². The molecule has 0 N–H and O–H groups in total. The highest BCUT2D eigenvalue weighted by Crippen LogP contribution is 2.42. The van der Waals surface area contributed by atoms with Gasteiger partial charge in [0.25, 0.3) is 0 Å². The van der Waals surface area contributed by atoms with Gasteiger partial charge in [0.2, 0.25) is 0 Å². The van der Waals surface area contributed by atoms with Gasteiger partial charge >= 0.3 is 26.5 Å². The molecule has 0 amide bonds. The third-order valence-corrected chi connectivity index (χ3v) is 6.12. The largest absolute Gasteiger partial charge is 0.530 e. The lowest BCUT2D eigenvalue weighted by molar-refractivity contribution is -0.140. The minimum atomic E-state index is -1.95. The van der Waals surface area contributed by atoms with Crippen molar-refractivity contribution >= 4 is 26.5 Å². The summed E-state index contributed by atoms with van der Waals surface area (Å²) in [5, 5.41) is 0. The highest BCUT2D eigenvalue weighted by Gasteiger charge is 2.20. The predicted octanol–water partition coefficient (Wildman–Crippen LogP) is 4.60. The summed E-state index contributed by atoms with van der Waals surface area (Å²) in [4.78, 5) is 34.5. The third-order valence-electron chi connectivity index (χ3n) is 5.04. The Balaban J connectivity index is 1.74. The lowest BCUT2D eigenvalue weighted by Gasteiger charge is -2.18. The first-order chi connectivity index (χ1) is 17.9. The van der Waals surface area contributed by atoms with Gasteiger partial charge in [-0.25, -0.2) is 0 Å². The number of hydrogen-bond donors (Lipinski definition) is 0. The van der Waals surface area contributed by atoms with Crippen molar-refractivity contribution in [3.05, 3.63) is 89.5 Å². The van der Waals surface area contributed by atoms with E-state index >= 15 is 0 Å². The lowest BCUT2D eigenvalue weighted by Crippen LogP contribution is -2.06. The number of methoxy groups -OCH3 is 3. The fraction of sp³-hybridized carbons (Fsp3) is 0.222. The summed E-state index contributed by atoms with van der Waals surface area (Å²) in [5.74, 6) is 0.412. The molecule has 0 aliphatic heterocycles. The number of benzene rings is 3. The van der Waals surface area contributed by atoms with E-state index in [4.69, 9.17) is 27.8 Å². The van der Waals surface area contributed by atoms with Crippen LogP contribution in [0.1, 0.15) is 16.7 Å². The van der Waals surface area contributed by atoms with E-state index in [1.54, 1.807) is 72.8 Å². The molecule has 0 atom stereocenters. The van der Waals surface area contributed by atoms with Crippen molar-refractivity contribution in [3.8, 4) is 17.2 Å². The Labute approximate surface area is 216 Å². The first-order valence-corrected chi connectivity index (χ1v) is 12.3. The lowest BCUT2D eigenvalue weighted by atomic mass is 10.1. The van der Waals surface area contributed by atoms with E-state index in [0.717, 1.165) is 16.7 Å². The van der Waals surface area contributed by atoms with Crippen molar-refractivity contribution in [2.75, 3.05) is 21.3 Å². The summed E-state index contributed by atoms with van der Waals surface area (Å²) in [7, 11) is 2.06. The maximum absolute atomic E-state index is 11.5. The zero-order valence-electron chi connectivity index (χ0n) is 20.7. The van der Waals surface area contributed by atoms with Crippen LogP contribution in [0.4, 0.5) is 0 Å². The summed E-state index contributed by atoms with van der Waals surface area (Å²) < 4.78 is 32.1. The molecular weight excluding hydrogens is 499 g/mol. The summed E-state index contributed by atoms with van der Waals surface area (Å²) in [6.45, 7) is 0. The van der Waals surface area contributed by atoms with Crippen LogP contribution in [0.5, 0.6) is 17.2 Å². The van der Waals surface area contributed by atoms with Gasteiger partial charge in [-0.1, -0.05) is 36.4 Å². The minimum Gasteiger partial charge on any atom is -0.469 e. The first kappa shape index (κ1) is 27.5. The molecule has 0 saturated carbocycles. The van der Waals surface area contributed by atoms with Gasteiger partial charge in [-0.05, 0) is 53.1 Å². The molecule has 37 heavy (non-hydrogen) atoms. The van der Waals surface area contributed by atoms with Gasteiger partial charge in [0, 0.05) is 0 Å². The van der Waals surface area contributed by atoms with Gasteiger partial charge in [0.05, 0.1) is 40.6 Å². The van der Waals surface area contributed by atoms with Crippen LogP contribution in [-0.4, -0.2) is 39.2 Å². The molecule has 3 aromatic carbocycles. The molecular formula is C27H27O9P. The monoisotopic (exact) mass is 526 g/mol. The van der Waals surface area contributed by atoms with Crippen molar-refractivity contribution in [2.24, 2.45) is 0 Å². The van der Waals surface area contributed by atoms with E-state index < -0.39 is 8.60 Å². The van der Waals surface area contributed by atoms with Gasteiger partial charge in [-0.2, -0.15) is 0 Å². The van der Waals surface area contributed by atoms with Gasteiger partial charge < -0.3 is 27.8 Å².